The minimum Gasteiger partial charge on any atom is -0.496 e. The third-order valence-electron chi connectivity index (χ3n) is 10.3. The van der Waals surface area contributed by atoms with Crippen molar-refractivity contribution in [2.75, 3.05) is 71.5 Å². The number of hydrogen-bond donors (Lipinski definition) is 1. The second-order valence-electron chi connectivity index (χ2n) is 13.3. The third-order valence-corrected chi connectivity index (χ3v) is 10.3. The van der Waals surface area contributed by atoms with Crippen molar-refractivity contribution in [1.82, 2.24) is 19.6 Å². The number of rotatable bonds is 7. The minimum atomic E-state index is -0.928. The number of likely N-dealkylation sites (tertiary alicyclic amines) is 2. The molecule has 2 aromatic rings. The van der Waals surface area contributed by atoms with Gasteiger partial charge in [-0.05, 0) is 74.3 Å². The van der Waals surface area contributed by atoms with Crippen molar-refractivity contribution in [3.05, 3.63) is 58.7 Å². The second kappa shape index (κ2) is 14.9. The molecule has 254 valence electrons. The summed E-state index contributed by atoms with van der Waals surface area (Å²) in [6.07, 6.45) is 2.79. The predicted molar refractivity (Wildman–Crippen MR) is 179 cm³/mol. The summed E-state index contributed by atoms with van der Waals surface area (Å²) in [6.45, 7) is 10.2. The number of morpholine rings is 1. The average molecular weight is 648 g/mol. The highest BCUT2D eigenvalue weighted by Crippen LogP contribution is 2.28. The zero-order valence-electron chi connectivity index (χ0n) is 28.0. The van der Waals surface area contributed by atoms with Crippen molar-refractivity contribution < 1.29 is 28.6 Å². The van der Waals surface area contributed by atoms with Crippen molar-refractivity contribution in [2.24, 2.45) is 0 Å². The molecule has 0 aliphatic carbocycles. The Morgan fingerprint density at radius 2 is 1.53 bits per heavy atom. The van der Waals surface area contributed by atoms with E-state index in [1.807, 2.05) is 54.0 Å². The molecule has 3 saturated heterocycles. The molecule has 4 heterocycles. The maximum Gasteiger partial charge on any atom is 0.410 e. The zero-order valence-corrected chi connectivity index (χ0v) is 28.0. The lowest BCUT2D eigenvalue weighted by atomic mass is 9.98. The first-order valence-electron chi connectivity index (χ1n) is 17.2. The molecule has 11 nitrogen and oxygen atoms in total. The summed E-state index contributed by atoms with van der Waals surface area (Å²) in [6, 6.07) is 12.3. The van der Waals surface area contributed by atoms with E-state index in [2.05, 4.69) is 16.3 Å². The number of fused-ring (bicyclic) bond motifs is 1. The Labute approximate surface area is 278 Å². The van der Waals surface area contributed by atoms with Crippen LogP contribution in [0, 0.1) is 13.8 Å². The summed E-state index contributed by atoms with van der Waals surface area (Å²) in [5.74, 6) is 0.684. The van der Waals surface area contributed by atoms with Gasteiger partial charge < -0.3 is 34.2 Å². The van der Waals surface area contributed by atoms with Crippen molar-refractivity contribution in [2.45, 2.75) is 70.6 Å². The lowest BCUT2D eigenvalue weighted by Gasteiger charge is -2.41. The van der Waals surface area contributed by atoms with Crippen LogP contribution in [0.3, 0.4) is 0 Å². The quantitative estimate of drug-likeness (QED) is 0.480. The van der Waals surface area contributed by atoms with Crippen LogP contribution in [-0.2, 0) is 27.1 Å². The number of hydrogen-bond acceptors (Lipinski definition) is 7. The molecule has 11 heteroatoms. The van der Waals surface area contributed by atoms with Gasteiger partial charge in [-0.3, -0.25) is 9.69 Å². The summed E-state index contributed by atoms with van der Waals surface area (Å²) < 4.78 is 17.2. The fourth-order valence-corrected chi connectivity index (χ4v) is 7.77. The van der Waals surface area contributed by atoms with Crippen LogP contribution < -0.4 is 10.1 Å². The molecule has 4 amide bonds. The van der Waals surface area contributed by atoms with Gasteiger partial charge in [0.15, 0.2) is 6.10 Å². The summed E-state index contributed by atoms with van der Waals surface area (Å²) in [5, 5.41) is 3.06. The van der Waals surface area contributed by atoms with Crippen molar-refractivity contribution in [3.63, 3.8) is 0 Å². The number of aryl methyl sites for hydroxylation is 2. The first-order valence-corrected chi connectivity index (χ1v) is 17.2. The van der Waals surface area contributed by atoms with Crippen LogP contribution in [0.4, 0.5) is 15.3 Å². The smallest absolute Gasteiger partial charge is 0.410 e. The van der Waals surface area contributed by atoms with Gasteiger partial charge in [0.05, 0.1) is 20.3 Å². The number of ether oxygens (including phenoxy) is 3. The molecule has 4 aliphatic rings. The standard InChI is InChI=1S/C36H49N5O6/c1-25-22-27(23-26(2)33(25)45-3)24-32(34(42)39-13-9-29(10-14-39)38-18-20-46-21-19-38)47-36(44)40-15-11-30(12-16-40)41-17-8-28-6-4-5-7-31(28)37-35(41)43/h4-7,22-23,29-30,32H,8-21,24H2,1-3H3,(H,37,43)/t32-/m1/s1. The van der Waals surface area contributed by atoms with Crippen LogP contribution in [-0.4, -0.2) is 122 Å². The minimum absolute atomic E-state index is 0.0313. The second-order valence-corrected chi connectivity index (χ2v) is 13.3. The SMILES string of the molecule is COc1c(C)cc(C[C@@H](OC(=O)N2CCC(N3CCc4ccccc4NC3=O)CC2)C(=O)N2CCC(N3CCOCC3)CC2)cc1C. The summed E-state index contributed by atoms with van der Waals surface area (Å²) in [7, 11) is 1.66. The molecule has 2 aromatic carbocycles. The highest BCUT2D eigenvalue weighted by molar-refractivity contribution is 5.91. The molecule has 0 aromatic heterocycles. The Hall–Kier alpha value is -3.83. The molecule has 6 rings (SSSR count). The van der Waals surface area contributed by atoms with Gasteiger partial charge in [0.1, 0.15) is 5.75 Å². The van der Waals surface area contributed by atoms with E-state index in [-0.39, 0.29) is 18.0 Å². The van der Waals surface area contributed by atoms with E-state index in [4.69, 9.17) is 14.2 Å². The van der Waals surface area contributed by atoms with E-state index in [0.29, 0.717) is 58.0 Å². The van der Waals surface area contributed by atoms with Gasteiger partial charge in [-0.2, -0.15) is 0 Å². The van der Waals surface area contributed by atoms with E-state index in [0.717, 1.165) is 79.3 Å². The van der Waals surface area contributed by atoms with Gasteiger partial charge in [0.2, 0.25) is 0 Å². The number of amides is 4. The van der Waals surface area contributed by atoms with Gasteiger partial charge in [-0.15, -0.1) is 0 Å². The van der Waals surface area contributed by atoms with Crippen LogP contribution in [0.5, 0.6) is 5.75 Å². The molecule has 0 spiro atoms. The monoisotopic (exact) mass is 647 g/mol. The zero-order chi connectivity index (χ0) is 32.9. The predicted octanol–water partition coefficient (Wildman–Crippen LogP) is 4.24. The van der Waals surface area contributed by atoms with Crippen LogP contribution in [0.15, 0.2) is 36.4 Å². The number of nitrogens with zero attached hydrogens (tertiary/aromatic N) is 4. The molecular weight excluding hydrogens is 598 g/mol. The summed E-state index contributed by atoms with van der Waals surface area (Å²) in [4.78, 5) is 48.7. The number of nitrogens with one attached hydrogen (secondary N) is 1. The number of methoxy groups -OCH3 is 1. The third kappa shape index (κ3) is 7.67. The molecule has 4 aliphatic heterocycles. The van der Waals surface area contributed by atoms with Crippen LogP contribution in [0.1, 0.15) is 47.9 Å². The molecular formula is C36H49N5O6. The van der Waals surface area contributed by atoms with Gasteiger partial charge in [-0.25, -0.2) is 9.59 Å². The van der Waals surface area contributed by atoms with Crippen LogP contribution >= 0.6 is 0 Å². The van der Waals surface area contributed by atoms with Gasteiger partial charge >= 0.3 is 12.1 Å². The molecule has 47 heavy (non-hydrogen) atoms. The number of carbonyl (C=O) groups excluding carboxylic acids is 3. The Morgan fingerprint density at radius 3 is 2.21 bits per heavy atom. The lowest BCUT2D eigenvalue weighted by molar-refractivity contribution is -0.142. The lowest BCUT2D eigenvalue weighted by Crippen LogP contribution is -2.53. The van der Waals surface area contributed by atoms with E-state index in [9.17, 15) is 14.4 Å². The van der Waals surface area contributed by atoms with Crippen LogP contribution in [0.25, 0.3) is 0 Å². The van der Waals surface area contributed by atoms with E-state index in [1.54, 1.807) is 12.0 Å². The number of piperidine rings is 2. The highest BCUT2D eigenvalue weighted by atomic mass is 16.6. The van der Waals surface area contributed by atoms with Crippen LogP contribution in [0.2, 0.25) is 0 Å². The molecule has 0 bridgehead atoms. The van der Waals surface area contributed by atoms with E-state index >= 15 is 0 Å². The van der Waals surface area contributed by atoms with Gasteiger partial charge in [0.25, 0.3) is 5.91 Å². The molecule has 1 atom stereocenters. The number of benzene rings is 2. The topological polar surface area (TPSA) is 104 Å². The van der Waals surface area contributed by atoms with Gasteiger partial charge in [0, 0.05) is 70.0 Å². The largest absolute Gasteiger partial charge is 0.496 e. The van der Waals surface area contributed by atoms with E-state index < -0.39 is 12.2 Å². The van der Waals surface area contributed by atoms with Crippen molar-refractivity contribution in [3.8, 4) is 5.75 Å². The first kappa shape index (κ1) is 33.1. The first-order chi connectivity index (χ1) is 22.8. The molecule has 0 unspecified atom stereocenters. The molecule has 1 N–H and O–H groups in total. The summed E-state index contributed by atoms with van der Waals surface area (Å²) in [5.41, 5.74) is 4.89. The van der Waals surface area contributed by atoms with E-state index in [1.165, 1.54) is 0 Å². The fourth-order valence-electron chi connectivity index (χ4n) is 7.77. The molecule has 0 saturated carbocycles. The normalized spacial score (nSPS) is 20.7. The van der Waals surface area contributed by atoms with Crippen molar-refractivity contribution >= 4 is 23.7 Å². The van der Waals surface area contributed by atoms with Gasteiger partial charge in [-0.1, -0.05) is 30.3 Å². The Bertz CT molecular complexity index is 1410. The highest BCUT2D eigenvalue weighted by Gasteiger charge is 2.36. The number of urea groups is 1. The Morgan fingerprint density at radius 1 is 0.894 bits per heavy atom. The number of para-hydroxylation sites is 1. The Balaban J connectivity index is 1.09. The maximum absolute atomic E-state index is 14.0. The number of anilines is 1. The molecule has 3 fully saturated rings. The summed E-state index contributed by atoms with van der Waals surface area (Å²) >= 11 is 0. The Kier molecular flexibility index (Phi) is 10.5. The van der Waals surface area contributed by atoms with Crippen molar-refractivity contribution in [1.29, 1.82) is 0 Å². The fraction of sp³-hybridized carbons (Fsp3) is 0.583. The molecule has 0 radical (unpaired) electrons. The number of carbonyl (C=O) groups is 3. The maximum atomic E-state index is 14.0. The average Bonchev–Trinajstić information content (AvgIpc) is 3.26.